The first-order valence-corrected chi connectivity index (χ1v) is 9.51. The normalized spacial score (nSPS) is 28.4. The van der Waals surface area contributed by atoms with Gasteiger partial charge in [-0.1, -0.05) is 6.07 Å². The predicted molar refractivity (Wildman–Crippen MR) is 81.9 cm³/mol. The Morgan fingerprint density at radius 2 is 2.29 bits per heavy atom. The molecule has 0 aliphatic carbocycles. The van der Waals surface area contributed by atoms with E-state index >= 15 is 0 Å². The summed E-state index contributed by atoms with van der Waals surface area (Å²) in [4.78, 5) is 15.3. The lowest BCUT2D eigenvalue weighted by atomic mass is 10.1. The summed E-state index contributed by atoms with van der Waals surface area (Å²) in [6, 6.07) is 3.54. The van der Waals surface area contributed by atoms with Crippen molar-refractivity contribution < 1.29 is 17.9 Å². The van der Waals surface area contributed by atoms with Crippen LogP contribution < -0.4 is 0 Å². The molecule has 21 heavy (non-hydrogen) atoms. The maximum Gasteiger partial charge on any atom is 0.249 e. The third-order valence-electron chi connectivity index (χ3n) is 3.84. The highest BCUT2D eigenvalue weighted by Gasteiger charge is 2.45. The van der Waals surface area contributed by atoms with Crippen molar-refractivity contribution in [2.45, 2.75) is 19.1 Å². The molecule has 2 atom stereocenters. The molecule has 0 spiro atoms. The minimum atomic E-state index is -3.11. The summed E-state index contributed by atoms with van der Waals surface area (Å²) in [7, 11) is -3.11. The fourth-order valence-corrected chi connectivity index (χ4v) is 5.43. The number of carbonyl (C=O) groups excluding carboxylic acids is 1. The van der Waals surface area contributed by atoms with Gasteiger partial charge in [0.15, 0.2) is 9.84 Å². The van der Waals surface area contributed by atoms with Gasteiger partial charge in [-0.05, 0) is 24.4 Å². The third kappa shape index (κ3) is 3.04. The zero-order valence-corrected chi connectivity index (χ0v) is 13.3. The van der Waals surface area contributed by atoms with Crippen LogP contribution in [0.4, 0.5) is 0 Å². The van der Waals surface area contributed by atoms with Gasteiger partial charge in [0.2, 0.25) is 5.91 Å². The smallest absolute Gasteiger partial charge is 0.249 e. The molecule has 2 saturated heterocycles. The van der Waals surface area contributed by atoms with E-state index < -0.39 is 9.84 Å². The van der Waals surface area contributed by atoms with Gasteiger partial charge in [-0.15, -0.1) is 11.3 Å². The van der Waals surface area contributed by atoms with E-state index in [2.05, 4.69) is 0 Å². The van der Waals surface area contributed by atoms with Crippen molar-refractivity contribution in [3.05, 3.63) is 28.0 Å². The number of carbonyl (C=O) groups is 1. The minimum Gasteiger partial charge on any atom is -0.373 e. The Morgan fingerprint density at radius 1 is 1.48 bits per heavy atom. The zero-order chi connectivity index (χ0) is 15.0. The molecule has 1 aromatic rings. The summed E-state index contributed by atoms with van der Waals surface area (Å²) in [5.74, 6) is -0.0658. The van der Waals surface area contributed by atoms with Gasteiger partial charge in [0.25, 0.3) is 0 Å². The van der Waals surface area contributed by atoms with Crippen LogP contribution in [0.1, 0.15) is 11.8 Å². The maximum absolute atomic E-state index is 12.6. The Morgan fingerprint density at radius 3 is 3.00 bits per heavy atom. The molecule has 0 radical (unpaired) electrons. The van der Waals surface area contributed by atoms with Crippen LogP contribution in [0, 0.1) is 0 Å². The van der Waals surface area contributed by atoms with Gasteiger partial charge < -0.3 is 9.64 Å². The van der Waals surface area contributed by atoms with E-state index in [9.17, 15) is 13.2 Å². The van der Waals surface area contributed by atoms with E-state index in [4.69, 9.17) is 4.74 Å². The quantitative estimate of drug-likeness (QED) is 0.765. The third-order valence-corrected chi connectivity index (χ3v) is 6.34. The molecule has 3 rings (SSSR count). The number of morpholine rings is 1. The number of sulfone groups is 1. The number of rotatable bonds is 2. The molecule has 0 aromatic carbocycles. The van der Waals surface area contributed by atoms with E-state index in [1.807, 2.05) is 23.6 Å². The van der Waals surface area contributed by atoms with Crippen LogP contribution in [0.25, 0.3) is 6.08 Å². The minimum absolute atomic E-state index is 0.00961. The summed E-state index contributed by atoms with van der Waals surface area (Å²) in [6.45, 7) is 2.62. The molecule has 0 N–H and O–H groups in total. The molecule has 3 heterocycles. The number of fused-ring (bicyclic) bond motifs is 1. The number of nitrogens with zero attached hydrogens (tertiary/aromatic N) is 1. The van der Waals surface area contributed by atoms with Crippen LogP contribution >= 0.6 is 11.3 Å². The highest BCUT2D eigenvalue weighted by molar-refractivity contribution is 7.91. The lowest BCUT2D eigenvalue weighted by Crippen LogP contribution is -2.53. The fourth-order valence-electron chi connectivity index (χ4n) is 2.84. The number of ether oxygens (including phenoxy) is 1. The second kappa shape index (κ2) is 5.55. The van der Waals surface area contributed by atoms with Gasteiger partial charge >= 0.3 is 0 Å². The average molecular weight is 327 g/mol. The Bertz CT molecular complexity index is 663. The van der Waals surface area contributed by atoms with E-state index in [0.717, 1.165) is 4.88 Å². The van der Waals surface area contributed by atoms with E-state index in [1.165, 1.54) is 0 Å². The first kappa shape index (κ1) is 14.7. The van der Waals surface area contributed by atoms with Gasteiger partial charge in [0, 0.05) is 17.0 Å². The number of amides is 1. The van der Waals surface area contributed by atoms with Crippen molar-refractivity contribution >= 4 is 33.2 Å². The summed E-state index contributed by atoms with van der Waals surface area (Å²) in [6.07, 6.45) is 1.48. The van der Waals surface area contributed by atoms with Gasteiger partial charge in [0.1, 0.15) is 0 Å². The molecule has 114 valence electrons. The SMILES string of the molecule is C/C(=C\c1cccs1)C(=O)N1CCOC2CS(=O)(=O)CC21. The van der Waals surface area contributed by atoms with Crippen molar-refractivity contribution in [3.63, 3.8) is 0 Å². The maximum atomic E-state index is 12.6. The van der Waals surface area contributed by atoms with Gasteiger partial charge in [-0.3, -0.25) is 4.79 Å². The van der Waals surface area contributed by atoms with Crippen molar-refractivity contribution in [2.24, 2.45) is 0 Å². The van der Waals surface area contributed by atoms with E-state index in [0.29, 0.717) is 18.7 Å². The summed E-state index contributed by atoms with van der Waals surface area (Å²) in [5.41, 5.74) is 0.627. The molecule has 7 heteroatoms. The monoisotopic (exact) mass is 327 g/mol. The van der Waals surface area contributed by atoms with Crippen LogP contribution in [0.15, 0.2) is 23.1 Å². The van der Waals surface area contributed by atoms with Crippen LogP contribution in [0.3, 0.4) is 0 Å². The largest absolute Gasteiger partial charge is 0.373 e. The number of hydrogen-bond donors (Lipinski definition) is 0. The second-order valence-electron chi connectivity index (χ2n) is 5.39. The van der Waals surface area contributed by atoms with E-state index in [1.54, 1.807) is 23.2 Å². The molecule has 0 bridgehead atoms. The Balaban J connectivity index is 1.81. The standard InChI is InChI=1S/C14H17NO4S2/c1-10(7-11-3-2-6-20-11)14(16)15-4-5-19-13-9-21(17,18)8-12(13)15/h2-3,6-7,12-13H,4-5,8-9H2,1H3/b10-7+. The Kier molecular flexibility index (Phi) is 3.90. The highest BCUT2D eigenvalue weighted by atomic mass is 32.2. The molecular formula is C14H17NO4S2. The van der Waals surface area contributed by atoms with Crippen LogP contribution in [0.5, 0.6) is 0 Å². The van der Waals surface area contributed by atoms with E-state index in [-0.39, 0.29) is 29.6 Å². The first-order valence-electron chi connectivity index (χ1n) is 6.81. The molecule has 1 amide bonds. The van der Waals surface area contributed by atoms with Crippen molar-refractivity contribution in [1.82, 2.24) is 4.90 Å². The molecule has 2 aliphatic heterocycles. The zero-order valence-electron chi connectivity index (χ0n) is 11.7. The molecule has 1 aromatic heterocycles. The second-order valence-corrected chi connectivity index (χ2v) is 8.53. The van der Waals surface area contributed by atoms with Crippen LogP contribution in [-0.2, 0) is 19.4 Å². The number of hydrogen-bond acceptors (Lipinski definition) is 5. The van der Waals surface area contributed by atoms with Crippen molar-refractivity contribution in [2.75, 3.05) is 24.7 Å². The molecule has 2 aliphatic rings. The van der Waals surface area contributed by atoms with Crippen LogP contribution in [0.2, 0.25) is 0 Å². The molecule has 2 unspecified atom stereocenters. The fraction of sp³-hybridized carbons (Fsp3) is 0.500. The highest BCUT2D eigenvalue weighted by Crippen LogP contribution is 2.26. The Hall–Kier alpha value is -1.18. The summed E-state index contributed by atoms with van der Waals surface area (Å²) in [5, 5.41) is 1.96. The summed E-state index contributed by atoms with van der Waals surface area (Å²) >= 11 is 1.57. The summed E-state index contributed by atoms with van der Waals surface area (Å²) < 4.78 is 29.0. The van der Waals surface area contributed by atoms with Gasteiger partial charge in [0.05, 0.1) is 30.3 Å². The molecule has 5 nitrogen and oxygen atoms in total. The van der Waals surface area contributed by atoms with Crippen LogP contribution in [-0.4, -0.2) is 56.0 Å². The first-order chi connectivity index (χ1) is 9.96. The topological polar surface area (TPSA) is 63.7 Å². The lowest BCUT2D eigenvalue weighted by Gasteiger charge is -2.36. The predicted octanol–water partition coefficient (Wildman–Crippen LogP) is 1.18. The van der Waals surface area contributed by atoms with Gasteiger partial charge in [-0.25, -0.2) is 8.42 Å². The Labute approximate surface area is 128 Å². The molecule has 2 fully saturated rings. The lowest BCUT2D eigenvalue weighted by molar-refractivity contribution is -0.138. The van der Waals surface area contributed by atoms with Gasteiger partial charge in [-0.2, -0.15) is 0 Å². The van der Waals surface area contributed by atoms with Crippen molar-refractivity contribution in [1.29, 1.82) is 0 Å². The molecule has 0 saturated carbocycles. The average Bonchev–Trinajstić information content (AvgIpc) is 3.02. The molecular weight excluding hydrogens is 310 g/mol. The van der Waals surface area contributed by atoms with Crippen molar-refractivity contribution in [3.8, 4) is 0 Å². The number of thiophene rings is 1.